The molecule has 0 radical (unpaired) electrons. The van der Waals surface area contributed by atoms with E-state index in [0.29, 0.717) is 30.9 Å². The van der Waals surface area contributed by atoms with Gasteiger partial charge in [0.15, 0.2) is 0 Å². The molecule has 0 spiro atoms. The Balaban J connectivity index is 1.72. The molecule has 1 amide bonds. The highest BCUT2D eigenvalue weighted by Crippen LogP contribution is 2.25. The molecule has 0 fully saturated rings. The molecule has 0 saturated carbocycles. The number of aromatic nitrogens is 2. The van der Waals surface area contributed by atoms with Gasteiger partial charge in [0.25, 0.3) is 0 Å². The smallest absolute Gasteiger partial charge is 0.226 e. The van der Waals surface area contributed by atoms with E-state index in [-0.39, 0.29) is 5.91 Å². The molecule has 26 heavy (non-hydrogen) atoms. The first-order valence-electron chi connectivity index (χ1n) is 8.37. The number of nitrogens with one attached hydrogen (secondary N) is 2. The molecule has 1 aromatic heterocycles. The highest BCUT2D eigenvalue weighted by molar-refractivity contribution is 7.90. The molecule has 9 heteroatoms. The van der Waals surface area contributed by atoms with Crippen LogP contribution in [0.25, 0.3) is 10.6 Å². The molecule has 2 N–H and O–H groups in total. The number of carbonyl (C=O) groups excluding carboxylic acids is 1. The van der Waals surface area contributed by atoms with Gasteiger partial charge in [0.05, 0.1) is 4.75 Å². The molecule has 0 bridgehead atoms. The summed E-state index contributed by atoms with van der Waals surface area (Å²) in [6.07, 6.45) is 1.48. The minimum absolute atomic E-state index is 0.153. The van der Waals surface area contributed by atoms with Crippen molar-refractivity contribution in [1.29, 1.82) is 0 Å². The van der Waals surface area contributed by atoms with Crippen molar-refractivity contribution in [2.75, 3.05) is 11.9 Å². The maximum absolute atomic E-state index is 12.0. The summed E-state index contributed by atoms with van der Waals surface area (Å²) in [5.74, 6) is -0.153. The lowest BCUT2D eigenvalue weighted by Gasteiger charge is -2.19. The maximum atomic E-state index is 12.0. The van der Waals surface area contributed by atoms with Gasteiger partial charge in [-0.2, -0.15) is 0 Å². The Bertz CT molecular complexity index is 827. The molecule has 0 unspecified atom stereocenters. The molecule has 1 heterocycles. The fraction of sp³-hybridized carbons (Fsp3) is 0.471. The third-order valence-electron chi connectivity index (χ3n) is 3.62. The summed E-state index contributed by atoms with van der Waals surface area (Å²) >= 11 is 1.32. The summed E-state index contributed by atoms with van der Waals surface area (Å²) in [4.78, 5) is 12.0. The second kappa shape index (κ2) is 8.70. The van der Waals surface area contributed by atoms with Gasteiger partial charge in [0.1, 0.15) is 5.01 Å². The lowest BCUT2D eigenvalue weighted by molar-refractivity contribution is -0.116. The van der Waals surface area contributed by atoms with Crippen LogP contribution in [-0.4, -0.2) is 35.8 Å². The first-order chi connectivity index (χ1) is 12.2. The van der Waals surface area contributed by atoms with Gasteiger partial charge < -0.3 is 5.32 Å². The fourth-order valence-corrected chi connectivity index (χ4v) is 3.60. The van der Waals surface area contributed by atoms with E-state index in [4.69, 9.17) is 0 Å². The Morgan fingerprint density at radius 3 is 2.46 bits per heavy atom. The topological polar surface area (TPSA) is 101 Å². The Labute approximate surface area is 158 Å². The van der Waals surface area contributed by atoms with Crippen LogP contribution in [0.4, 0.5) is 5.13 Å². The predicted molar refractivity (Wildman–Crippen MR) is 105 cm³/mol. The van der Waals surface area contributed by atoms with Crippen molar-refractivity contribution in [3.8, 4) is 10.6 Å². The number of hydrogen-bond acceptors (Lipinski definition) is 6. The maximum Gasteiger partial charge on any atom is 0.226 e. The van der Waals surface area contributed by atoms with E-state index < -0.39 is 14.8 Å². The molecule has 0 saturated heterocycles. The minimum atomic E-state index is -3.34. The van der Waals surface area contributed by atoms with Crippen LogP contribution in [-0.2, 0) is 14.8 Å². The normalized spacial score (nSPS) is 12.1. The Hall–Kier alpha value is -1.84. The quantitative estimate of drug-likeness (QED) is 0.668. The number of carbonyl (C=O) groups is 1. The highest BCUT2D eigenvalue weighted by atomic mass is 32.2. The number of nitrogens with zero attached hydrogens (tertiary/aromatic N) is 2. The van der Waals surface area contributed by atoms with E-state index in [0.717, 1.165) is 10.6 Å². The number of rotatable bonds is 8. The summed E-state index contributed by atoms with van der Waals surface area (Å²) in [5.41, 5.74) is 0.955. The SMILES string of the molecule is CC(C)(C)S(=O)(=O)NCCCCC(=O)Nc1nnc(-c2ccccc2)s1. The molecule has 0 atom stereocenters. The summed E-state index contributed by atoms with van der Waals surface area (Å²) in [5, 5.41) is 12.0. The summed E-state index contributed by atoms with van der Waals surface area (Å²) in [6.45, 7) is 5.27. The molecular formula is C17H24N4O3S2. The van der Waals surface area contributed by atoms with E-state index in [1.807, 2.05) is 30.3 Å². The lowest BCUT2D eigenvalue weighted by atomic mass is 10.2. The molecule has 2 rings (SSSR count). The number of unbranched alkanes of at least 4 members (excludes halogenated alkanes) is 1. The second-order valence-corrected chi connectivity index (χ2v) is 10.3. The molecule has 0 aliphatic heterocycles. The standard InChI is InChI=1S/C17H24N4O3S2/c1-17(2,3)26(23,24)18-12-8-7-11-14(22)19-16-21-20-15(25-16)13-9-5-4-6-10-13/h4-6,9-10,18H,7-8,11-12H2,1-3H3,(H,19,21,22). The largest absolute Gasteiger partial charge is 0.301 e. The average molecular weight is 397 g/mol. The van der Waals surface area contributed by atoms with Gasteiger partial charge in [-0.25, -0.2) is 13.1 Å². The highest BCUT2D eigenvalue weighted by Gasteiger charge is 2.27. The van der Waals surface area contributed by atoms with Crippen molar-refractivity contribution in [3.05, 3.63) is 30.3 Å². The zero-order valence-corrected chi connectivity index (χ0v) is 16.8. The van der Waals surface area contributed by atoms with E-state index in [9.17, 15) is 13.2 Å². The Morgan fingerprint density at radius 1 is 1.12 bits per heavy atom. The lowest BCUT2D eigenvalue weighted by Crippen LogP contribution is -2.39. The van der Waals surface area contributed by atoms with E-state index >= 15 is 0 Å². The first kappa shape index (κ1) is 20.5. The zero-order valence-electron chi connectivity index (χ0n) is 15.2. The summed E-state index contributed by atoms with van der Waals surface area (Å²) in [7, 11) is -3.34. The molecule has 2 aromatic rings. The Morgan fingerprint density at radius 2 is 1.81 bits per heavy atom. The van der Waals surface area contributed by atoms with Gasteiger partial charge in [0.2, 0.25) is 21.1 Å². The summed E-state index contributed by atoms with van der Waals surface area (Å²) < 4.78 is 25.5. The fourth-order valence-electron chi connectivity index (χ4n) is 1.99. The molecule has 0 aliphatic rings. The van der Waals surface area contributed by atoms with Crippen molar-refractivity contribution in [2.45, 2.75) is 44.8 Å². The van der Waals surface area contributed by atoms with E-state index in [1.54, 1.807) is 20.8 Å². The predicted octanol–water partition coefficient (Wildman–Crippen LogP) is 3.03. The molecule has 0 aliphatic carbocycles. The number of hydrogen-bond donors (Lipinski definition) is 2. The Kier molecular flexibility index (Phi) is 6.85. The first-order valence-corrected chi connectivity index (χ1v) is 10.7. The molecular weight excluding hydrogens is 372 g/mol. The van der Waals surface area contributed by atoms with Gasteiger partial charge in [-0.1, -0.05) is 41.7 Å². The van der Waals surface area contributed by atoms with Crippen LogP contribution in [0.2, 0.25) is 0 Å². The van der Waals surface area contributed by atoms with Crippen LogP contribution in [0, 0.1) is 0 Å². The molecule has 142 valence electrons. The van der Waals surface area contributed by atoms with Crippen molar-refractivity contribution in [2.24, 2.45) is 0 Å². The van der Waals surface area contributed by atoms with Crippen LogP contribution < -0.4 is 10.0 Å². The van der Waals surface area contributed by atoms with Crippen molar-refractivity contribution < 1.29 is 13.2 Å². The van der Waals surface area contributed by atoms with Crippen LogP contribution in [0.3, 0.4) is 0 Å². The average Bonchev–Trinajstić information content (AvgIpc) is 3.02. The zero-order chi connectivity index (χ0) is 19.2. The van der Waals surface area contributed by atoms with Crippen LogP contribution in [0.1, 0.15) is 40.0 Å². The van der Waals surface area contributed by atoms with Gasteiger partial charge in [-0.3, -0.25) is 4.79 Å². The number of sulfonamides is 1. The third-order valence-corrected chi connectivity index (χ3v) is 6.71. The van der Waals surface area contributed by atoms with E-state index in [2.05, 4.69) is 20.2 Å². The minimum Gasteiger partial charge on any atom is -0.301 e. The van der Waals surface area contributed by atoms with Gasteiger partial charge in [-0.05, 0) is 33.6 Å². The summed E-state index contributed by atoms with van der Waals surface area (Å²) in [6, 6.07) is 9.64. The van der Waals surface area contributed by atoms with Crippen LogP contribution in [0.15, 0.2) is 30.3 Å². The van der Waals surface area contributed by atoms with Gasteiger partial charge in [0, 0.05) is 18.5 Å². The number of anilines is 1. The number of benzene rings is 1. The van der Waals surface area contributed by atoms with Crippen LogP contribution in [0.5, 0.6) is 0 Å². The van der Waals surface area contributed by atoms with Gasteiger partial charge >= 0.3 is 0 Å². The third kappa shape index (κ3) is 5.86. The number of amides is 1. The van der Waals surface area contributed by atoms with Gasteiger partial charge in [-0.15, -0.1) is 10.2 Å². The van der Waals surface area contributed by atoms with E-state index in [1.165, 1.54) is 11.3 Å². The van der Waals surface area contributed by atoms with Crippen molar-refractivity contribution in [3.63, 3.8) is 0 Å². The molecule has 7 nitrogen and oxygen atoms in total. The van der Waals surface area contributed by atoms with Crippen LogP contribution >= 0.6 is 11.3 Å². The molecule has 1 aromatic carbocycles. The van der Waals surface area contributed by atoms with Crippen molar-refractivity contribution in [1.82, 2.24) is 14.9 Å². The monoisotopic (exact) mass is 396 g/mol. The van der Waals surface area contributed by atoms with Crippen molar-refractivity contribution >= 4 is 32.4 Å². The second-order valence-electron chi connectivity index (χ2n) is 6.79.